The van der Waals surface area contributed by atoms with E-state index in [4.69, 9.17) is 0 Å². The number of carbonyl (C=O) groups is 5. The van der Waals surface area contributed by atoms with Crippen molar-refractivity contribution in [1.29, 1.82) is 0 Å². The molecular weight excluding hydrogens is 552 g/mol. The molecule has 42 heavy (non-hydrogen) atoms. The number of hydrogen-bond donors (Lipinski definition) is 3. The maximum absolute atomic E-state index is 13.2. The van der Waals surface area contributed by atoms with Gasteiger partial charge in [-0.2, -0.15) is 0 Å². The van der Waals surface area contributed by atoms with Crippen LogP contribution in [0.4, 0.5) is 5.69 Å². The fraction of sp³-hybridized carbons (Fsp3) is 0.344. The highest BCUT2D eigenvalue weighted by molar-refractivity contribution is 7.15. The van der Waals surface area contributed by atoms with Crippen LogP contribution >= 0.6 is 11.3 Å². The number of thiophene rings is 1. The Kier molecular flexibility index (Phi) is 9.12. The summed E-state index contributed by atoms with van der Waals surface area (Å²) < 4.78 is 0. The number of nitrogens with one attached hydrogen (secondary N) is 3. The number of fused-ring (bicyclic) bond motifs is 1. The summed E-state index contributed by atoms with van der Waals surface area (Å²) in [7, 11) is 0. The Hall–Kier alpha value is -4.31. The summed E-state index contributed by atoms with van der Waals surface area (Å²) in [5.74, 6) is -2.07. The molecule has 5 amide bonds. The van der Waals surface area contributed by atoms with Crippen LogP contribution in [0.1, 0.15) is 76.6 Å². The molecule has 1 atom stereocenters. The van der Waals surface area contributed by atoms with Gasteiger partial charge in [-0.25, -0.2) is 0 Å². The molecule has 3 heterocycles. The van der Waals surface area contributed by atoms with Crippen molar-refractivity contribution in [3.8, 4) is 10.4 Å². The first kappa shape index (κ1) is 29.2. The van der Waals surface area contributed by atoms with Crippen LogP contribution < -0.4 is 16.0 Å². The predicted octanol–water partition coefficient (Wildman–Crippen LogP) is 4.67. The molecule has 0 bridgehead atoms. The molecule has 0 spiro atoms. The fourth-order valence-corrected chi connectivity index (χ4v) is 6.26. The van der Waals surface area contributed by atoms with Gasteiger partial charge in [0.1, 0.15) is 6.04 Å². The molecule has 1 aromatic heterocycles. The summed E-state index contributed by atoms with van der Waals surface area (Å²) in [6.07, 6.45) is 3.97. The Morgan fingerprint density at radius 3 is 2.64 bits per heavy atom. The molecule has 3 N–H and O–H groups in total. The highest BCUT2D eigenvalue weighted by Crippen LogP contribution is 2.32. The molecule has 1 saturated heterocycles. The zero-order valence-corrected chi connectivity index (χ0v) is 24.4. The first-order valence-electron chi connectivity index (χ1n) is 14.4. The third-order valence-electron chi connectivity index (χ3n) is 7.61. The molecule has 0 aliphatic carbocycles. The minimum atomic E-state index is -0.992. The van der Waals surface area contributed by atoms with Crippen LogP contribution in [0.3, 0.4) is 0 Å². The van der Waals surface area contributed by atoms with Crippen molar-refractivity contribution < 1.29 is 24.0 Å². The van der Waals surface area contributed by atoms with Crippen LogP contribution in [0.2, 0.25) is 0 Å². The van der Waals surface area contributed by atoms with Gasteiger partial charge >= 0.3 is 0 Å². The fourth-order valence-electron chi connectivity index (χ4n) is 5.32. The summed E-state index contributed by atoms with van der Waals surface area (Å²) in [5, 5.41) is 8.46. The molecule has 2 aromatic carbocycles. The number of carbonyl (C=O) groups excluding carboxylic acids is 5. The standard InChI is InChI=1S/C32H34N4O5S/c1-2-20-8-6-9-21(18-20)26-15-13-22(42-26)19-34-27(37)12-4-3-5-17-33-24-11-7-10-23-29(24)32(41)36(31(23)40)25-14-16-28(38)35-30(25)39/h6-11,13,15,18,25,33H,2-5,12,14,16-17,19H2,1H3,(H,34,37)(H,35,38,39). The van der Waals surface area contributed by atoms with Crippen LogP contribution in [-0.4, -0.2) is 47.0 Å². The molecule has 2 aliphatic heterocycles. The highest BCUT2D eigenvalue weighted by atomic mass is 32.1. The number of benzene rings is 2. The average Bonchev–Trinajstić information content (AvgIpc) is 3.57. The Bertz CT molecular complexity index is 1530. The molecular formula is C32H34N4O5S. The lowest BCUT2D eigenvalue weighted by Gasteiger charge is -2.27. The predicted molar refractivity (Wildman–Crippen MR) is 161 cm³/mol. The van der Waals surface area contributed by atoms with Crippen LogP contribution in [0, 0.1) is 0 Å². The summed E-state index contributed by atoms with van der Waals surface area (Å²) >= 11 is 1.69. The van der Waals surface area contributed by atoms with E-state index in [9.17, 15) is 24.0 Å². The largest absolute Gasteiger partial charge is 0.384 e. The summed E-state index contributed by atoms with van der Waals surface area (Å²) in [6, 6.07) is 16.7. The zero-order valence-electron chi connectivity index (χ0n) is 23.5. The normalized spacial score (nSPS) is 16.4. The number of hydrogen-bond acceptors (Lipinski definition) is 7. The Morgan fingerprint density at radius 2 is 1.83 bits per heavy atom. The number of imide groups is 2. The van der Waals surface area contributed by atoms with E-state index in [2.05, 4.69) is 59.3 Å². The smallest absolute Gasteiger partial charge is 0.264 e. The summed E-state index contributed by atoms with van der Waals surface area (Å²) in [6.45, 7) is 3.22. The number of rotatable bonds is 12. The van der Waals surface area contributed by atoms with Gasteiger partial charge in [-0.05, 0) is 61.1 Å². The zero-order chi connectivity index (χ0) is 29.6. The van der Waals surface area contributed by atoms with E-state index in [1.165, 1.54) is 16.0 Å². The third kappa shape index (κ3) is 6.44. The van der Waals surface area contributed by atoms with Crippen molar-refractivity contribution in [2.24, 2.45) is 0 Å². The molecule has 0 saturated carbocycles. The van der Waals surface area contributed by atoms with Gasteiger partial charge in [-0.1, -0.05) is 43.7 Å². The maximum atomic E-state index is 13.2. The van der Waals surface area contributed by atoms with Crippen LogP contribution in [0.25, 0.3) is 10.4 Å². The van der Waals surface area contributed by atoms with Crippen LogP contribution in [-0.2, 0) is 27.3 Å². The van der Waals surface area contributed by atoms with E-state index in [0.29, 0.717) is 25.2 Å². The Labute approximate surface area is 248 Å². The molecule has 9 nitrogen and oxygen atoms in total. The molecule has 2 aliphatic rings. The third-order valence-corrected chi connectivity index (χ3v) is 8.74. The lowest BCUT2D eigenvalue weighted by Crippen LogP contribution is -2.54. The second kappa shape index (κ2) is 13.1. The van der Waals surface area contributed by atoms with Crippen molar-refractivity contribution in [1.82, 2.24) is 15.5 Å². The SMILES string of the molecule is CCc1cccc(-c2ccc(CNC(=O)CCCCCNc3cccc4c3C(=O)N(C3CCC(=O)NC3=O)C4=O)s2)c1. The molecule has 1 fully saturated rings. The Balaban J connectivity index is 1.04. The maximum Gasteiger partial charge on any atom is 0.264 e. The van der Waals surface area contributed by atoms with Crippen molar-refractivity contribution in [3.63, 3.8) is 0 Å². The van der Waals surface area contributed by atoms with Crippen molar-refractivity contribution in [2.75, 3.05) is 11.9 Å². The summed E-state index contributed by atoms with van der Waals surface area (Å²) in [5.41, 5.74) is 3.54. The van der Waals surface area contributed by atoms with E-state index in [1.54, 1.807) is 29.5 Å². The van der Waals surface area contributed by atoms with E-state index in [1.807, 2.05) is 0 Å². The van der Waals surface area contributed by atoms with E-state index < -0.39 is 29.7 Å². The second-order valence-corrected chi connectivity index (χ2v) is 11.7. The number of piperidine rings is 1. The molecule has 0 radical (unpaired) electrons. The van der Waals surface area contributed by atoms with Gasteiger partial charge in [0.05, 0.1) is 17.7 Å². The molecule has 10 heteroatoms. The minimum Gasteiger partial charge on any atom is -0.384 e. The quantitative estimate of drug-likeness (QED) is 0.209. The number of amides is 5. The second-order valence-electron chi connectivity index (χ2n) is 10.5. The molecule has 5 rings (SSSR count). The average molecular weight is 587 g/mol. The number of nitrogens with zero attached hydrogens (tertiary/aromatic N) is 1. The van der Waals surface area contributed by atoms with E-state index >= 15 is 0 Å². The lowest BCUT2D eigenvalue weighted by atomic mass is 10.0. The topological polar surface area (TPSA) is 125 Å². The van der Waals surface area contributed by atoms with Gasteiger partial charge in [0.25, 0.3) is 11.8 Å². The van der Waals surface area contributed by atoms with Gasteiger partial charge in [0.15, 0.2) is 0 Å². The van der Waals surface area contributed by atoms with Gasteiger partial charge in [0.2, 0.25) is 17.7 Å². The van der Waals surface area contributed by atoms with Gasteiger partial charge in [-0.15, -0.1) is 11.3 Å². The van der Waals surface area contributed by atoms with Gasteiger partial charge < -0.3 is 10.6 Å². The highest BCUT2D eigenvalue weighted by Gasteiger charge is 2.45. The minimum absolute atomic E-state index is 0.0180. The van der Waals surface area contributed by atoms with Crippen molar-refractivity contribution >= 4 is 46.6 Å². The molecule has 218 valence electrons. The first-order valence-corrected chi connectivity index (χ1v) is 15.2. The van der Waals surface area contributed by atoms with Crippen molar-refractivity contribution in [3.05, 3.63) is 76.2 Å². The monoisotopic (exact) mass is 586 g/mol. The van der Waals surface area contributed by atoms with E-state index in [0.717, 1.165) is 35.5 Å². The van der Waals surface area contributed by atoms with Crippen LogP contribution in [0.5, 0.6) is 0 Å². The lowest BCUT2D eigenvalue weighted by molar-refractivity contribution is -0.136. The van der Waals surface area contributed by atoms with Gasteiger partial charge in [0, 0.05) is 34.8 Å². The summed E-state index contributed by atoms with van der Waals surface area (Å²) in [4.78, 5) is 65.6. The Morgan fingerprint density at radius 1 is 1.00 bits per heavy atom. The van der Waals surface area contributed by atoms with Crippen LogP contribution in [0.15, 0.2) is 54.6 Å². The molecule has 1 unspecified atom stereocenters. The van der Waals surface area contributed by atoms with Gasteiger partial charge in [-0.3, -0.25) is 34.2 Å². The van der Waals surface area contributed by atoms with Crippen molar-refractivity contribution in [2.45, 2.75) is 64.5 Å². The first-order chi connectivity index (χ1) is 20.4. The number of unbranched alkanes of at least 4 members (excludes halogenated alkanes) is 2. The number of aryl methyl sites for hydroxylation is 1. The number of anilines is 1. The molecule has 3 aromatic rings. The van der Waals surface area contributed by atoms with E-state index in [-0.39, 0.29) is 29.9 Å².